The first-order chi connectivity index (χ1) is 18.7. The van der Waals surface area contributed by atoms with Crippen molar-refractivity contribution in [1.29, 1.82) is 0 Å². The van der Waals surface area contributed by atoms with Crippen LogP contribution in [0.4, 0.5) is 26.3 Å². The SMILES string of the molecule is Cn1cc(-n2cc(CCC(C)(C)N3CCC(F)(F)CC3)c3ccc(-c4ccc(OC(F)(F)F)c(F)c4)nc32)cn1. The second kappa shape index (κ2) is 10.1. The zero-order valence-corrected chi connectivity index (χ0v) is 22.3. The largest absolute Gasteiger partial charge is 0.573 e. The van der Waals surface area contributed by atoms with Gasteiger partial charge in [-0.05, 0) is 62.6 Å². The van der Waals surface area contributed by atoms with Gasteiger partial charge in [0.1, 0.15) is 5.65 Å². The van der Waals surface area contributed by atoms with Crippen LogP contribution in [0.5, 0.6) is 5.75 Å². The van der Waals surface area contributed by atoms with Crippen LogP contribution < -0.4 is 4.74 Å². The van der Waals surface area contributed by atoms with E-state index in [1.807, 2.05) is 23.0 Å². The summed E-state index contributed by atoms with van der Waals surface area (Å²) in [6.45, 7) is 4.80. The first-order valence-electron chi connectivity index (χ1n) is 12.9. The molecule has 1 saturated heterocycles. The van der Waals surface area contributed by atoms with Crippen LogP contribution in [-0.4, -0.2) is 55.1 Å². The van der Waals surface area contributed by atoms with Gasteiger partial charge in [-0.1, -0.05) is 0 Å². The lowest BCUT2D eigenvalue weighted by Gasteiger charge is -2.43. The molecule has 0 atom stereocenters. The summed E-state index contributed by atoms with van der Waals surface area (Å²) >= 11 is 0. The number of likely N-dealkylation sites (tertiary alicyclic amines) is 1. The molecule has 0 unspecified atom stereocenters. The number of halogens is 6. The maximum atomic E-state index is 14.4. The summed E-state index contributed by atoms with van der Waals surface area (Å²) in [7, 11) is 1.78. The quantitative estimate of drug-likeness (QED) is 0.229. The van der Waals surface area contributed by atoms with Crippen LogP contribution in [0.2, 0.25) is 0 Å². The second-order valence-electron chi connectivity index (χ2n) is 10.8. The Labute approximate surface area is 227 Å². The van der Waals surface area contributed by atoms with Gasteiger partial charge in [0.05, 0.1) is 17.6 Å². The molecular weight excluding hydrogens is 536 g/mol. The molecule has 3 aromatic heterocycles. The molecule has 40 heavy (non-hydrogen) atoms. The van der Waals surface area contributed by atoms with E-state index in [9.17, 15) is 26.3 Å². The smallest absolute Gasteiger partial charge is 0.403 e. The van der Waals surface area contributed by atoms with Gasteiger partial charge >= 0.3 is 6.36 Å². The molecule has 0 saturated carbocycles. The van der Waals surface area contributed by atoms with Crippen LogP contribution in [0.25, 0.3) is 28.0 Å². The van der Waals surface area contributed by atoms with Crippen molar-refractivity contribution in [3.63, 3.8) is 0 Å². The van der Waals surface area contributed by atoms with E-state index < -0.39 is 23.9 Å². The summed E-state index contributed by atoms with van der Waals surface area (Å²) in [5.74, 6) is -4.68. The number of rotatable bonds is 7. The van der Waals surface area contributed by atoms with Crippen molar-refractivity contribution < 1.29 is 31.1 Å². The number of ether oxygens (including phenoxy) is 1. The number of pyridine rings is 1. The van der Waals surface area contributed by atoms with Gasteiger partial charge in [0.2, 0.25) is 0 Å². The Morgan fingerprint density at radius 3 is 2.38 bits per heavy atom. The van der Waals surface area contributed by atoms with Crippen molar-refractivity contribution in [3.8, 4) is 22.7 Å². The van der Waals surface area contributed by atoms with Gasteiger partial charge in [-0.3, -0.25) is 14.1 Å². The Bertz CT molecular complexity index is 1510. The average Bonchev–Trinajstić information content (AvgIpc) is 3.46. The van der Waals surface area contributed by atoms with Crippen LogP contribution in [0.1, 0.15) is 38.7 Å². The lowest BCUT2D eigenvalue weighted by Crippen LogP contribution is -2.50. The van der Waals surface area contributed by atoms with E-state index in [0.29, 0.717) is 30.9 Å². The fourth-order valence-electron chi connectivity index (χ4n) is 5.16. The van der Waals surface area contributed by atoms with Crippen molar-refractivity contribution in [3.05, 3.63) is 60.3 Å². The lowest BCUT2D eigenvalue weighted by molar-refractivity contribution is -0.275. The van der Waals surface area contributed by atoms with Crippen molar-refractivity contribution in [2.24, 2.45) is 7.05 Å². The molecule has 214 valence electrons. The Morgan fingerprint density at radius 1 is 1.02 bits per heavy atom. The molecule has 5 rings (SSSR count). The number of nitrogens with zero attached hydrogens (tertiary/aromatic N) is 5. The maximum Gasteiger partial charge on any atom is 0.573 e. The third kappa shape index (κ3) is 5.96. The number of piperidine rings is 1. The molecule has 4 aromatic rings. The second-order valence-corrected chi connectivity index (χ2v) is 10.8. The molecule has 0 amide bonds. The van der Waals surface area contributed by atoms with Gasteiger partial charge in [-0.15, -0.1) is 13.2 Å². The van der Waals surface area contributed by atoms with Crippen molar-refractivity contribution in [2.45, 2.75) is 57.4 Å². The molecule has 0 N–H and O–H groups in total. The monoisotopic (exact) mass is 565 g/mol. The Morgan fingerprint density at radius 2 is 1.75 bits per heavy atom. The molecular formula is C28H29F6N5O. The van der Waals surface area contributed by atoms with E-state index >= 15 is 0 Å². The highest BCUT2D eigenvalue weighted by molar-refractivity contribution is 5.84. The molecule has 1 aliphatic heterocycles. The highest BCUT2D eigenvalue weighted by Crippen LogP contribution is 2.35. The zero-order chi connectivity index (χ0) is 28.9. The summed E-state index contributed by atoms with van der Waals surface area (Å²) in [6, 6.07) is 6.75. The minimum Gasteiger partial charge on any atom is -0.403 e. The van der Waals surface area contributed by atoms with Crippen molar-refractivity contribution >= 4 is 11.0 Å². The number of fused-ring (bicyclic) bond motifs is 1. The van der Waals surface area contributed by atoms with Crippen molar-refractivity contribution in [1.82, 2.24) is 24.2 Å². The molecule has 0 spiro atoms. The van der Waals surface area contributed by atoms with Gasteiger partial charge in [0.25, 0.3) is 5.92 Å². The third-order valence-electron chi connectivity index (χ3n) is 7.51. The summed E-state index contributed by atoms with van der Waals surface area (Å²) < 4.78 is 86.8. The maximum absolute atomic E-state index is 14.4. The predicted octanol–water partition coefficient (Wildman–Crippen LogP) is 6.91. The molecule has 1 fully saturated rings. The predicted molar refractivity (Wildman–Crippen MR) is 138 cm³/mol. The topological polar surface area (TPSA) is 48.1 Å². The highest BCUT2D eigenvalue weighted by Gasteiger charge is 2.38. The zero-order valence-electron chi connectivity index (χ0n) is 22.3. The number of benzene rings is 1. The van der Waals surface area contributed by atoms with Crippen molar-refractivity contribution in [2.75, 3.05) is 13.1 Å². The minimum absolute atomic E-state index is 0.145. The third-order valence-corrected chi connectivity index (χ3v) is 7.51. The summed E-state index contributed by atoms with van der Waals surface area (Å²) in [5.41, 5.74) is 2.68. The summed E-state index contributed by atoms with van der Waals surface area (Å²) in [6.07, 6.45) is 1.53. The number of hydrogen-bond acceptors (Lipinski definition) is 4. The number of aromatic nitrogens is 4. The van der Waals surface area contributed by atoms with Gasteiger partial charge in [0, 0.05) is 61.9 Å². The Hall–Kier alpha value is -3.54. The minimum atomic E-state index is -5.01. The fourth-order valence-corrected chi connectivity index (χ4v) is 5.16. The Kier molecular flexibility index (Phi) is 7.10. The molecule has 1 aromatic carbocycles. The Balaban J connectivity index is 1.46. The normalized spacial score (nSPS) is 16.5. The van der Waals surface area contributed by atoms with Gasteiger partial charge in [-0.2, -0.15) is 5.10 Å². The molecule has 4 heterocycles. The number of alkyl halides is 5. The first-order valence-corrected chi connectivity index (χ1v) is 12.9. The fraction of sp³-hybridized carbons (Fsp3) is 0.429. The van der Waals surface area contributed by atoms with E-state index in [2.05, 4.69) is 28.6 Å². The van der Waals surface area contributed by atoms with Gasteiger partial charge in [-0.25, -0.2) is 18.2 Å². The van der Waals surface area contributed by atoms with Gasteiger partial charge in [0.15, 0.2) is 11.6 Å². The molecule has 6 nitrogen and oxygen atoms in total. The van der Waals surface area contributed by atoms with E-state index in [-0.39, 0.29) is 23.9 Å². The molecule has 1 aliphatic rings. The van der Waals surface area contributed by atoms with Crippen LogP contribution in [0.3, 0.4) is 0 Å². The molecule has 0 bridgehead atoms. The number of hydrogen-bond donors (Lipinski definition) is 0. The van der Waals surface area contributed by atoms with Crippen LogP contribution in [0.15, 0.2) is 48.9 Å². The highest BCUT2D eigenvalue weighted by atomic mass is 19.4. The van der Waals surface area contributed by atoms with Crippen LogP contribution >= 0.6 is 0 Å². The standard InChI is InChI=1S/C28H29F6N5O/c1-26(2,38-12-10-27(30,31)11-13-38)9-8-19-16-39(20-15-35-37(3)17-20)25-21(19)5-6-23(36-25)18-4-7-24(22(29)14-18)40-28(32,33)34/h4-7,14-17H,8-13H2,1-3H3. The van der Waals surface area contributed by atoms with Crippen LogP contribution in [-0.2, 0) is 13.5 Å². The average molecular weight is 566 g/mol. The molecule has 0 radical (unpaired) electrons. The van der Waals surface area contributed by atoms with Gasteiger partial charge < -0.3 is 4.74 Å². The summed E-state index contributed by atoms with van der Waals surface area (Å²) in [4.78, 5) is 6.86. The molecule has 12 heteroatoms. The molecule has 0 aliphatic carbocycles. The van der Waals surface area contributed by atoms with E-state index in [4.69, 9.17) is 4.98 Å². The van der Waals surface area contributed by atoms with E-state index in [0.717, 1.165) is 35.2 Å². The first kappa shape index (κ1) is 28.0. The van der Waals surface area contributed by atoms with E-state index in [1.165, 1.54) is 6.07 Å². The summed E-state index contributed by atoms with van der Waals surface area (Å²) in [5, 5.41) is 5.10. The number of aryl methyl sites for hydroxylation is 2. The lowest BCUT2D eigenvalue weighted by atomic mass is 9.90. The van der Waals surface area contributed by atoms with E-state index in [1.54, 1.807) is 24.0 Å². The van der Waals surface area contributed by atoms with Crippen LogP contribution in [0, 0.1) is 5.82 Å².